The molecule has 0 bridgehead atoms. The lowest BCUT2D eigenvalue weighted by atomic mass is 10.0. The SMILES string of the molecule is C[NH+](C)CCCCCCCCCCCCCc1ccccc1.O=C([O-])[C@H](O)[C@@H](O)[C@H](O)[C@H](O)CO. The molecule has 0 amide bonds. The molecule has 35 heavy (non-hydrogen) atoms. The van der Waals surface area contributed by atoms with Gasteiger partial charge in [-0.25, -0.2) is 0 Å². The van der Waals surface area contributed by atoms with E-state index in [-0.39, 0.29) is 0 Å². The standard InChI is InChI=1S/C21H37N.C6H12O7/c1-22(2)20-16-11-9-7-5-3-4-6-8-10-13-17-21-18-14-12-15-19-21;7-1-2(8)3(9)4(10)5(11)6(12)13/h12,14-15,18-19H,3-11,13,16-17,20H2,1-2H3;2-5,7-11H,1H2,(H,12,13)/t;2-,3-,4+,5-/m.1/s1. The monoisotopic (exact) mass is 499 g/mol. The van der Waals surface area contributed by atoms with Gasteiger partial charge in [-0.15, -0.1) is 0 Å². The van der Waals surface area contributed by atoms with Crippen molar-refractivity contribution in [2.24, 2.45) is 0 Å². The van der Waals surface area contributed by atoms with Crippen molar-refractivity contribution in [1.82, 2.24) is 0 Å². The number of aliphatic hydroxyl groups excluding tert-OH is 5. The molecule has 0 spiro atoms. The molecule has 6 N–H and O–H groups in total. The van der Waals surface area contributed by atoms with E-state index in [1.165, 1.54) is 89.2 Å². The largest absolute Gasteiger partial charge is 0.547 e. The summed E-state index contributed by atoms with van der Waals surface area (Å²) in [6.07, 6.45) is 8.93. The number of hydrogen-bond donors (Lipinski definition) is 6. The highest BCUT2D eigenvalue weighted by molar-refractivity contribution is 5.70. The van der Waals surface area contributed by atoms with Gasteiger partial charge in [0, 0.05) is 0 Å². The van der Waals surface area contributed by atoms with Crippen molar-refractivity contribution in [1.29, 1.82) is 0 Å². The van der Waals surface area contributed by atoms with Crippen LogP contribution in [0.25, 0.3) is 0 Å². The Morgan fingerprint density at radius 3 is 1.66 bits per heavy atom. The molecule has 1 rings (SSSR count). The Hall–Kier alpha value is -1.55. The Balaban J connectivity index is 0.000000761. The summed E-state index contributed by atoms with van der Waals surface area (Å²) in [5.41, 5.74) is 1.50. The molecular formula is C27H49NO7. The highest BCUT2D eigenvalue weighted by Crippen LogP contribution is 2.12. The lowest BCUT2D eigenvalue weighted by molar-refractivity contribution is -0.858. The number of carboxylic acid groups (broad SMARTS) is 1. The summed E-state index contributed by atoms with van der Waals surface area (Å²) in [7, 11) is 4.50. The van der Waals surface area contributed by atoms with E-state index in [1.54, 1.807) is 4.90 Å². The molecule has 0 aliphatic carbocycles. The number of nitrogens with one attached hydrogen (secondary N) is 1. The van der Waals surface area contributed by atoms with Crippen LogP contribution >= 0.6 is 0 Å². The number of carbonyl (C=O) groups is 1. The zero-order valence-corrected chi connectivity index (χ0v) is 21.6. The van der Waals surface area contributed by atoms with Gasteiger partial charge in [0.2, 0.25) is 0 Å². The van der Waals surface area contributed by atoms with Crippen molar-refractivity contribution in [3.05, 3.63) is 35.9 Å². The quantitative estimate of drug-likeness (QED) is 0.145. The second-order valence-corrected chi connectivity index (χ2v) is 9.58. The maximum Gasteiger partial charge on any atom is 0.122 e. The molecule has 0 aliphatic heterocycles. The number of carboxylic acids is 1. The zero-order valence-electron chi connectivity index (χ0n) is 21.6. The molecule has 0 radical (unpaired) electrons. The molecule has 204 valence electrons. The average Bonchev–Trinajstić information content (AvgIpc) is 2.85. The number of rotatable bonds is 19. The van der Waals surface area contributed by atoms with E-state index in [2.05, 4.69) is 44.4 Å². The van der Waals surface area contributed by atoms with Crippen LogP contribution in [0.2, 0.25) is 0 Å². The summed E-state index contributed by atoms with van der Waals surface area (Å²) in [6.45, 7) is 0.473. The summed E-state index contributed by atoms with van der Waals surface area (Å²) >= 11 is 0. The minimum Gasteiger partial charge on any atom is -0.547 e. The topological polar surface area (TPSA) is 146 Å². The lowest BCUT2D eigenvalue weighted by Gasteiger charge is -2.25. The molecule has 0 aromatic heterocycles. The lowest BCUT2D eigenvalue weighted by Crippen LogP contribution is -3.05. The van der Waals surface area contributed by atoms with E-state index in [1.807, 2.05) is 0 Å². The van der Waals surface area contributed by atoms with Gasteiger partial charge in [0.25, 0.3) is 0 Å². The van der Waals surface area contributed by atoms with Crippen LogP contribution in [-0.4, -0.2) is 83.2 Å². The van der Waals surface area contributed by atoms with Crippen LogP contribution in [0.1, 0.15) is 76.2 Å². The fourth-order valence-corrected chi connectivity index (χ4v) is 3.71. The van der Waals surface area contributed by atoms with Gasteiger partial charge in [0.1, 0.15) is 24.4 Å². The molecular weight excluding hydrogens is 450 g/mol. The maximum absolute atomic E-state index is 9.98. The number of quaternary nitrogens is 1. The molecule has 0 unspecified atom stereocenters. The molecule has 1 aromatic carbocycles. The summed E-state index contributed by atoms with van der Waals surface area (Å²) in [5.74, 6) is -1.98. The van der Waals surface area contributed by atoms with Gasteiger partial charge in [0.15, 0.2) is 0 Å². The summed E-state index contributed by atoms with van der Waals surface area (Å²) in [5, 5.41) is 53.4. The predicted octanol–water partition coefficient (Wildman–Crippen LogP) is -0.163. The van der Waals surface area contributed by atoms with Crippen molar-refractivity contribution in [2.75, 3.05) is 27.2 Å². The first-order valence-electron chi connectivity index (χ1n) is 13.1. The number of aliphatic carboxylic acids is 1. The Kier molecular flexibility index (Phi) is 20.7. The highest BCUT2D eigenvalue weighted by atomic mass is 16.4. The number of unbranched alkanes of at least 4 members (excludes halogenated alkanes) is 10. The molecule has 0 saturated carbocycles. The fraction of sp³-hybridized carbons (Fsp3) is 0.741. The third-order valence-electron chi connectivity index (χ3n) is 5.98. The van der Waals surface area contributed by atoms with Crippen LogP contribution in [0.5, 0.6) is 0 Å². The molecule has 8 nitrogen and oxygen atoms in total. The number of aryl methyl sites for hydroxylation is 1. The first-order valence-corrected chi connectivity index (χ1v) is 13.1. The number of benzene rings is 1. The predicted molar refractivity (Wildman–Crippen MR) is 135 cm³/mol. The summed E-state index contributed by atoms with van der Waals surface area (Å²) in [6, 6.07) is 10.9. The molecule has 1 aromatic rings. The van der Waals surface area contributed by atoms with E-state index < -0.39 is 37.0 Å². The van der Waals surface area contributed by atoms with Gasteiger partial charge in [-0.05, 0) is 31.2 Å². The Morgan fingerprint density at radius 1 is 0.771 bits per heavy atom. The Morgan fingerprint density at radius 2 is 1.23 bits per heavy atom. The van der Waals surface area contributed by atoms with Crippen molar-refractivity contribution in [3.63, 3.8) is 0 Å². The van der Waals surface area contributed by atoms with Crippen LogP contribution in [-0.2, 0) is 11.2 Å². The Labute approximate surface area is 211 Å². The molecule has 0 fully saturated rings. The van der Waals surface area contributed by atoms with Crippen molar-refractivity contribution in [3.8, 4) is 0 Å². The van der Waals surface area contributed by atoms with E-state index in [0.717, 1.165) is 0 Å². The summed E-state index contributed by atoms with van der Waals surface area (Å²) in [4.78, 5) is 11.6. The zero-order chi connectivity index (χ0) is 26.5. The molecule has 4 atom stereocenters. The first-order chi connectivity index (χ1) is 16.7. The van der Waals surface area contributed by atoms with Crippen molar-refractivity contribution >= 4 is 5.97 Å². The highest BCUT2D eigenvalue weighted by Gasteiger charge is 2.30. The third kappa shape index (κ3) is 18.4. The van der Waals surface area contributed by atoms with E-state index in [9.17, 15) is 9.90 Å². The van der Waals surface area contributed by atoms with Crippen LogP contribution in [0, 0.1) is 0 Å². The normalized spacial score (nSPS) is 14.6. The smallest absolute Gasteiger partial charge is 0.122 e. The van der Waals surface area contributed by atoms with Gasteiger partial charge in [0.05, 0.1) is 33.2 Å². The molecule has 0 saturated heterocycles. The first kappa shape index (κ1) is 33.4. The average molecular weight is 500 g/mol. The molecule has 8 heteroatoms. The summed E-state index contributed by atoms with van der Waals surface area (Å²) < 4.78 is 0. The number of carbonyl (C=O) groups excluding carboxylic acids is 1. The van der Waals surface area contributed by atoms with E-state index in [0.29, 0.717) is 0 Å². The third-order valence-corrected chi connectivity index (χ3v) is 5.98. The fourth-order valence-electron chi connectivity index (χ4n) is 3.71. The second kappa shape index (κ2) is 21.7. The van der Waals surface area contributed by atoms with Gasteiger partial charge >= 0.3 is 0 Å². The van der Waals surface area contributed by atoms with E-state index in [4.69, 9.17) is 25.5 Å². The van der Waals surface area contributed by atoms with Gasteiger partial charge < -0.3 is 40.3 Å². The van der Waals surface area contributed by atoms with Crippen LogP contribution in [0.3, 0.4) is 0 Å². The Bertz CT molecular complexity index is 615. The van der Waals surface area contributed by atoms with Crippen molar-refractivity contribution < 1.29 is 40.3 Å². The maximum atomic E-state index is 9.98. The minimum atomic E-state index is -2.31. The minimum absolute atomic E-state index is 0.863. The van der Waals surface area contributed by atoms with Gasteiger partial charge in [-0.1, -0.05) is 81.7 Å². The molecule has 0 aliphatic rings. The van der Waals surface area contributed by atoms with E-state index >= 15 is 0 Å². The second-order valence-electron chi connectivity index (χ2n) is 9.58. The molecule has 0 heterocycles. The van der Waals surface area contributed by atoms with Gasteiger partial charge in [-0.2, -0.15) is 0 Å². The van der Waals surface area contributed by atoms with Gasteiger partial charge in [-0.3, -0.25) is 0 Å². The van der Waals surface area contributed by atoms with Crippen molar-refractivity contribution in [2.45, 2.75) is 101 Å². The van der Waals surface area contributed by atoms with Crippen LogP contribution < -0.4 is 10.0 Å². The number of hydrogen-bond acceptors (Lipinski definition) is 7. The van der Waals surface area contributed by atoms with Crippen LogP contribution in [0.15, 0.2) is 30.3 Å². The van der Waals surface area contributed by atoms with Crippen LogP contribution in [0.4, 0.5) is 0 Å². The number of aliphatic hydroxyl groups is 5.